The van der Waals surface area contributed by atoms with E-state index in [9.17, 15) is 4.79 Å². The lowest BCUT2D eigenvalue weighted by atomic mass is 9.85. The molecule has 104 valence electrons. The number of hydrogen-bond acceptors (Lipinski definition) is 2. The molecular formula is C16H24N2O. The van der Waals surface area contributed by atoms with Gasteiger partial charge in [-0.15, -0.1) is 0 Å². The van der Waals surface area contributed by atoms with E-state index in [1.807, 2.05) is 11.8 Å². The fourth-order valence-corrected chi connectivity index (χ4v) is 2.36. The van der Waals surface area contributed by atoms with Crippen molar-refractivity contribution in [3.8, 4) is 0 Å². The molecule has 0 unspecified atom stereocenters. The number of piperazine rings is 1. The highest BCUT2D eigenvalue weighted by Crippen LogP contribution is 2.25. The number of aryl methyl sites for hydroxylation is 1. The Labute approximate surface area is 116 Å². The smallest absolute Gasteiger partial charge is 0.254 e. The Morgan fingerprint density at radius 2 is 1.84 bits per heavy atom. The maximum atomic E-state index is 12.6. The number of amides is 1. The normalized spacial score (nSPS) is 16.5. The quantitative estimate of drug-likeness (QED) is 0.840. The molecule has 1 saturated heterocycles. The van der Waals surface area contributed by atoms with Crippen molar-refractivity contribution in [1.29, 1.82) is 0 Å². The van der Waals surface area contributed by atoms with Crippen LogP contribution in [0.1, 0.15) is 42.3 Å². The fraction of sp³-hybridized carbons (Fsp3) is 0.562. The minimum atomic E-state index is 0.0756. The van der Waals surface area contributed by atoms with Crippen LogP contribution in [0.15, 0.2) is 18.2 Å². The summed E-state index contributed by atoms with van der Waals surface area (Å²) in [5, 5.41) is 3.28. The van der Waals surface area contributed by atoms with Crippen molar-refractivity contribution in [2.24, 2.45) is 0 Å². The molecule has 1 aliphatic rings. The van der Waals surface area contributed by atoms with Crippen LogP contribution < -0.4 is 5.32 Å². The number of benzene rings is 1. The highest BCUT2D eigenvalue weighted by atomic mass is 16.2. The Hall–Kier alpha value is -1.35. The molecule has 1 heterocycles. The molecule has 0 aromatic heterocycles. The number of carbonyl (C=O) groups excluding carboxylic acids is 1. The average molecular weight is 260 g/mol. The van der Waals surface area contributed by atoms with E-state index in [1.54, 1.807) is 0 Å². The van der Waals surface area contributed by atoms with Crippen LogP contribution >= 0.6 is 0 Å². The standard InChI is InChI=1S/C16H24N2O/c1-12-5-6-13(16(2,3)4)11-14(12)15(19)18-9-7-17-8-10-18/h5-6,11,17H,7-10H2,1-4H3. The number of carbonyl (C=O) groups is 1. The Morgan fingerprint density at radius 1 is 1.21 bits per heavy atom. The molecule has 3 nitrogen and oxygen atoms in total. The lowest BCUT2D eigenvalue weighted by Gasteiger charge is -2.29. The molecule has 0 atom stereocenters. The molecule has 1 N–H and O–H groups in total. The van der Waals surface area contributed by atoms with E-state index in [0.717, 1.165) is 37.3 Å². The SMILES string of the molecule is Cc1ccc(C(C)(C)C)cc1C(=O)N1CCNCC1. The van der Waals surface area contributed by atoms with E-state index in [0.29, 0.717) is 0 Å². The largest absolute Gasteiger partial charge is 0.336 e. The van der Waals surface area contributed by atoms with Crippen LogP contribution in [-0.4, -0.2) is 37.0 Å². The van der Waals surface area contributed by atoms with Crippen molar-refractivity contribution in [2.45, 2.75) is 33.1 Å². The van der Waals surface area contributed by atoms with E-state index in [-0.39, 0.29) is 11.3 Å². The van der Waals surface area contributed by atoms with Crippen LogP contribution in [0.25, 0.3) is 0 Å². The van der Waals surface area contributed by atoms with Gasteiger partial charge in [-0.3, -0.25) is 4.79 Å². The molecular weight excluding hydrogens is 236 g/mol. The van der Waals surface area contributed by atoms with Crippen molar-refractivity contribution in [1.82, 2.24) is 10.2 Å². The van der Waals surface area contributed by atoms with Crippen molar-refractivity contribution in [2.75, 3.05) is 26.2 Å². The Morgan fingerprint density at radius 3 is 2.42 bits per heavy atom. The van der Waals surface area contributed by atoms with Crippen LogP contribution in [0.3, 0.4) is 0 Å². The molecule has 1 fully saturated rings. The summed E-state index contributed by atoms with van der Waals surface area (Å²) < 4.78 is 0. The van der Waals surface area contributed by atoms with Gasteiger partial charge in [0.2, 0.25) is 0 Å². The third-order valence-corrected chi connectivity index (χ3v) is 3.74. The van der Waals surface area contributed by atoms with Crippen molar-refractivity contribution in [3.63, 3.8) is 0 Å². The number of rotatable bonds is 1. The Balaban J connectivity index is 2.30. The van der Waals surface area contributed by atoms with E-state index in [1.165, 1.54) is 5.56 Å². The van der Waals surface area contributed by atoms with Gasteiger partial charge in [0.05, 0.1) is 0 Å². The lowest BCUT2D eigenvalue weighted by molar-refractivity contribution is 0.0735. The zero-order valence-electron chi connectivity index (χ0n) is 12.4. The average Bonchev–Trinajstić information content (AvgIpc) is 2.38. The minimum Gasteiger partial charge on any atom is -0.336 e. The van der Waals surface area contributed by atoms with Crippen LogP contribution in [0.5, 0.6) is 0 Å². The van der Waals surface area contributed by atoms with Gasteiger partial charge in [0.15, 0.2) is 0 Å². The molecule has 0 bridgehead atoms. The zero-order valence-corrected chi connectivity index (χ0v) is 12.4. The third kappa shape index (κ3) is 3.16. The summed E-state index contributed by atoms with van der Waals surface area (Å²) in [5.74, 6) is 0.171. The second kappa shape index (κ2) is 5.33. The second-order valence-electron chi connectivity index (χ2n) is 6.32. The van der Waals surface area contributed by atoms with Crippen LogP contribution in [-0.2, 0) is 5.41 Å². The monoisotopic (exact) mass is 260 g/mol. The highest BCUT2D eigenvalue weighted by Gasteiger charge is 2.22. The molecule has 1 amide bonds. The summed E-state index contributed by atoms with van der Waals surface area (Å²) in [5.41, 5.74) is 3.22. The van der Waals surface area contributed by atoms with Gasteiger partial charge in [0.1, 0.15) is 0 Å². The first kappa shape index (κ1) is 14.1. The van der Waals surface area contributed by atoms with Crippen LogP contribution in [0, 0.1) is 6.92 Å². The van der Waals surface area contributed by atoms with Gasteiger partial charge in [0, 0.05) is 31.7 Å². The summed E-state index contributed by atoms with van der Waals surface area (Å²) in [6.45, 7) is 11.9. The molecule has 0 spiro atoms. The van der Waals surface area contributed by atoms with Crippen LogP contribution in [0.4, 0.5) is 0 Å². The van der Waals surface area contributed by atoms with E-state index in [2.05, 4.69) is 44.3 Å². The Bertz CT molecular complexity index is 468. The van der Waals surface area contributed by atoms with Gasteiger partial charge in [0.25, 0.3) is 5.91 Å². The predicted molar refractivity (Wildman–Crippen MR) is 78.7 cm³/mol. The summed E-state index contributed by atoms with van der Waals surface area (Å²) >= 11 is 0. The van der Waals surface area contributed by atoms with Gasteiger partial charge in [-0.2, -0.15) is 0 Å². The molecule has 0 aliphatic carbocycles. The summed E-state index contributed by atoms with van der Waals surface area (Å²) in [4.78, 5) is 14.5. The maximum Gasteiger partial charge on any atom is 0.254 e. The molecule has 19 heavy (non-hydrogen) atoms. The number of nitrogens with one attached hydrogen (secondary N) is 1. The van der Waals surface area contributed by atoms with Gasteiger partial charge in [-0.05, 0) is 29.5 Å². The fourth-order valence-electron chi connectivity index (χ4n) is 2.36. The number of nitrogens with zero attached hydrogens (tertiary/aromatic N) is 1. The molecule has 0 radical (unpaired) electrons. The second-order valence-corrected chi connectivity index (χ2v) is 6.32. The zero-order chi connectivity index (χ0) is 14.0. The molecule has 1 aromatic carbocycles. The maximum absolute atomic E-state index is 12.6. The summed E-state index contributed by atoms with van der Waals surface area (Å²) in [7, 11) is 0. The lowest BCUT2D eigenvalue weighted by Crippen LogP contribution is -2.46. The minimum absolute atomic E-state index is 0.0756. The van der Waals surface area contributed by atoms with E-state index < -0.39 is 0 Å². The van der Waals surface area contributed by atoms with E-state index in [4.69, 9.17) is 0 Å². The summed E-state index contributed by atoms with van der Waals surface area (Å²) in [6, 6.07) is 6.26. The van der Waals surface area contributed by atoms with Crippen LogP contribution in [0.2, 0.25) is 0 Å². The first-order valence-corrected chi connectivity index (χ1v) is 7.01. The Kier molecular flexibility index (Phi) is 3.95. The van der Waals surface area contributed by atoms with Gasteiger partial charge < -0.3 is 10.2 Å². The van der Waals surface area contributed by atoms with Gasteiger partial charge >= 0.3 is 0 Å². The van der Waals surface area contributed by atoms with Gasteiger partial charge in [-0.25, -0.2) is 0 Å². The summed E-state index contributed by atoms with van der Waals surface area (Å²) in [6.07, 6.45) is 0. The molecule has 2 rings (SSSR count). The first-order valence-electron chi connectivity index (χ1n) is 7.01. The van der Waals surface area contributed by atoms with Gasteiger partial charge in [-0.1, -0.05) is 32.9 Å². The number of hydrogen-bond donors (Lipinski definition) is 1. The molecule has 1 aliphatic heterocycles. The molecule has 0 saturated carbocycles. The third-order valence-electron chi connectivity index (χ3n) is 3.74. The van der Waals surface area contributed by atoms with Crippen molar-refractivity contribution >= 4 is 5.91 Å². The van der Waals surface area contributed by atoms with Crippen molar-refractivity contribution in [3.05, 3.63) is 34.9 Å². The predicted octanol–water partition coefficient (Wildman–Crippen LogP) is 2.34. The molecule has 1 aromatic rings. The first-order chi connectivity index (χ1) is 8.89. The van der Waals surface area contributed by atoms with E-state index >= 15 is 0 Å². The molecule has 3 heteroatoms. The van der Waals surface area contributed by atoms with Crippen molar-refractivity contribution < 1.29 is 4.79 Å². The highest BCUT2D eigenvalue weighted by molar-refractivity contribution is 5.96. The topological polar surface area (TPSA) is 32.3 Å².